The number of allylic oxidation sites excluding steroid dienone is 5. The van der Waals surface area contributed by atoms with E-state index in [1.807, 2.05) is 0 Å². The standard InChI is InChI=1S/C10H8O4/c1-14-10(13)5-3-7-2-4-8(11)9(12)6-7/h2-6H,1H3/b5-3+. The highest BCUT2D eigenvalue weighted by Gasteiger charge is 2.11. The van der Waals surface area contributed by atoms with Gasteiger partial charge in [-0.2, -0.15) is 0 Å². The van der Waals surface area contributed by atoms with Gasteiger partial charge < -0.3 is 4.74 Å². The fraction of sp³-hybridized carbons (Fsp3) is 0.100. The number of carbonyl (C=O) groups is 3. The van der Waals surface area contributed by atoms with Gasteiger partial charge in [0.05, 0.1) is 7.11 Å². The van der Waals surface area contributed by atoms with E-state index in [1.54, 1.807) is 0 Å². The van der Waals surface area contributed by atoms with Crippen molar-refractivity contribution in [3.05, 3.63) is 36.0 Å². The quantitative estimate of drug-likeness (QED) is 0.274. The lowest BCUT2D eigenvalue weighted by molar-refractivity contribution is -0.134. The van der Waals surface area contributed by atoms with Crippen LogP contribution in [0.4, 0.5) is 0 Å². The molecule has 0 aromatic carbocycles. The summed E-state index contributed by atoms with van der Waals surface area (Å²) >= 11 is 0. The Kier molecular flexibility index (Phi) is 3.12. The lowest BCUT2D eigenvalue weighted by Gasteiger charge is -1.98. The van der Waals surface area contributed by atoms with Gasteiger partial charge in [-0.1, -0.05) is 6.08 Å². The Morgan fingerprint density at radius 3 is 2.57 bits per heavy atom. The molecule has 72 valence electrons. The summed E-state index contributed by atoms with van der Waals surface area (Å²) in [6.45, 7) is 0. The molecule has 0 unspecified atom stereocenters. The molecule has 4 heteroatoms. The van der Waals surface area contributed by atoms with E-state index in [9.17, 15) is 14.4 Å². The van der Waals surface area contributed by atoms with Gasteiger partial charge in [0, 0.05) is 6.08 Å². The second-order valence-corrected chi connectivity index (χ2v) is 2.56. The minimum atomic E-state index is -0.586. The van der Waals surface area contributed by atoms with Gasteiger partial charge in [-0.25, -0.2) is 4.79 Å². The third-order valence-electron chi connectivity index (χ3n) is 1.58. The summed E-state index contributed by atoms with van der Waals surface area (Å²) in [4.78, 5) is 32.3. The summed E-state index contributed by atoms with van der Waals surface area (Å²) in [5.41, 5.74) is 0.500. The minimum Gasteiger partial charge on any atom is -0.466 e. The van der Waals surface area contributed by atoms with Gasteiger partial charge in [-0.05, 0) is 23.8 Å². The van der Waals surface area contributed by atoms with Crippen molar-refractivity contribution in [3.8, 4) is 0 Å². The average molecular weight is 192 g/mol. The third kappa shape index (κ3) is 2.52. The first kappa shape index (κ1) is 10.1. The number of rotatable bonds is 2. The van der Waals surface area contributed by atoms with Crippen LogP contribution in [0.3, 0.4) is 0 Å². The van der Waals surface area contributed by atoms with Crippen LogP contribution in [-0.4, -0.2) is 24.6 Å². The molecule has 0 aliphatic heterocycles. The van der Waals surface area contributed by atoms with Crippen molar-refractivity contribution in [2.75, 3.05) is 7.11 Å². The summed E-state index contributed by atoms with van der Waals surface area (Å²) in [6, 6.07) is 0. The number of esters is 1. The molecule has 0 aromatic heterocycles. The van der Waals surface area contributed by atoms with Gasteiger partial charge in [0.2, 0.25) is 11.6 Å². The molecule has 0 N–H and O–H groups in total. The zero-order chi connectivity index (χ0) is 10.6. The fourth-order valence-electron chi connectivity index (χ4n) is 0.861. The van der Waals surface area contributed by atoms with E-state index in [2.05, 4.69) is 4.74 Å². The maximum atomic E-state index is 10.9. The van der Waals surface area contributed by atoms with Gasteiger partial charge >= 0.3 is 5.97 Å². The van der Waals surface area contributed by atoms with E-state index in [0.717, 1.165) is 0 Å². The zero-order valence-corrected chi connectivity index (χ0v) is 7.52. The van der Waals surface area contributed by atoms with E-state index in [0.29, 0.717) is 5.57 Å². The third-order valence-corrected chi connectivity index (χ3v) is 1.58. The first-order valence-corrected chi connectivity index (χ1v) is 3.87. The monoisotopic (exact) mass is 192 g/mol. The molecule has 14 heavy (non-hydrogen) atoms. The molecular weight excluding hydrogens is 184 g/mol. The predicted octanol–water partition coefficient (Wildman–Crippen LogP) is 0.350. The average Bonchev–Trinajstić information content (AvgIpc) is 2.19. The van der Waals surface area contributed by atoms with Crippen LogP contribution in [0, 0.1) is 0 Å². The van der Waals surface area contributed by atoms with Crippen LogP contribution in [0.25, 0.3) is 0 Å². The molecule has 0 amide bonds. The number of hydrogen-bond acceptors (Lipinski definition) is 4. The zero-order valence-electron chi connectivity index (χ0n) is 7.52. The van der Waals surface area contributed by atoms with E-state index >= 15 is 0 Å². The van der Waals surface area contributed by atoms with Crippen molar-refractivity contribution in [1.82, 2.24) is 0 Å². The molecule has 0 aromatic rings. The molecule has 0 heterocycles. The molecule has 0 fully saturated rings. The first-order chi connectivity index (χ1) is 6.63. The van der Waals surface area contributed by atoms with Crippen LogP contribution in [0.15, 0.2) is 36.0 Å². The number of ketones is 2. The van der Waals surface area contributed by atoms with Crippen LogP contribution in [0.5, 0.6) is 0 Å². The summed E-state index contributed by atoms with van der Waals surface area (Å²) in [5.74, 6) is -1.65. The highest BCUT2D eigenvalue weighted by atomic mass is 16.5. The molecule has 4 nitrogen and oxygen atoms in total. The highest BCUT2D eigenvalue weighted by Crippen LogP contribution is 2.06. The van der Waals surface area contributed by atoms with Gasteiger partial charge in [0.1, 0.15) is 0 Å². The van der Waals surface area contributed by atoms with Crippen molar-refractivity contribution in [2.24, 2.45) is 0 Å². The number of ether oxygens (including phenoxy) is 1. The molecule has 0 radical (unpaired) electrons. The molecule has 1 aliphatic carbocycles. The van der Waals surface area contributed by atoms with Crippen LogP contribution in [-0.2, 0) is 19.1 Å². The molecule has 1 aliphatic rings. The molecule has 0 atom stereocenters. The van der Waals surface area contributed by atoms with Crippen LogP contribution in [0.1, 0.15) is 0 Å². The molecule has 0 bridgehead atoms. The fourth-order valence-corrected chi connectivity index (χ4v) is 0.861. The van der Waals surface area contributed by atoms with Crippen LogP contribution < -0.4 is 0 Å². The predicted molar refractivity (Wildman–Crippen MR) is 48.4 cm³/mol. The summed E-state index contributed by atoms with van der Waals surface area (Å²) in [5, 5.41) is 0. The summed E-state index contributed by atoms with van der Waals surface area (Å²) in [7, 11) is 1.26. The second kappa shape index (κ2) is 4.32. The molecule has 0 saturated carbocycles. The van der Waals surface area contributed by atoms with Crippen molar-refractivity contribution in [1.29, 1.82) is 0 Å². The Hall–Kier alpha value is -1.97. The van der Waals surface area contributed by atoms with E-state index < -0.39 is 17.5 Å². The van der Waals surface area contributed by atoms with Crippen molar-refractivity contribution >= 4 is 17.5 Å². The Balaban J connectivity index is 2.73. The smallest absolute Gasteiger partial charge is 0.330 e. The SMILES string of the molecule is COC(=O)/C=C/C1=CC(=O)C(=O)C=C1. The summed E-state index contributed by atoms with van der Waals surface area (Å²) in [6.07, 6.45) is 6.39. The van der Waals surface area contributed by atoms with Gasteiger partial charge in [-0.15, -0.1) is 0 Å². The maximum Gasteiger partial charge on any atom is 0.330 e. The topological polar surface area (TPSA) is 60.4 Å². The Morgan fingerprint density at radius 2 is 2.00 bits per heavy atom. The highest BCUT2D eigenvalue weighted by molar-refractivity contribution is 6.46. The second-order valence-electron chi connectivity index (χ2n) is 2.56. The molecular formula is C10H8O4. The number of hydrogen-bond donors (Lipinski definition) is 0. The minimum absolute atomic E-state index is 0.500. The lowest BCUT2D eigenvalue weighted by Crippen LogP contribution is -2.11. The first-order valence-electron chi connectivity index (χ1n) is 3.87. The van der Waals surface area contributed by atoms with E-state index in [4.69, 9.17) is 0 Å². The van der Waals surface area contributed by atoms with Crippen LogP contribution >= 0.6 is 0 Å². The number of carbonyl (C=O) groups excluding carboxylic acids is 3. The molecule has 1 rings (SSSR count). The van der Waals surface area contributed by atoms with Crippen molar-refractivity contribution < 1.29 is 19.1 Å². The lowest BCUT2D eigenvalue weighted by atomic mass is 10.1. The van der Waals surface area contributed by atoms with Gasteiger partial charge in [-0.3, -0.25) is 9.59 Å². The van der Waals surface area contributed by atoms with Gasteiger partial charge in [0.25, 0.3) is 0 Å². The normalized spacial score (nSPS) is 15.9. The Morgan fingerprint density at radius 1 is 1.29 bits per heavy atom. The van der Waals surface area contributed by atoms with Gasteiger partial charge in [0.15, 0.2) is 0 Å². The number of methoxy groups -OCH3 is 1. The van der Waals surface area contributed by atoms with Crippen molar-refractivity contribution in [2.45, 2.75) is 0 Å². The largest absolute Gasteiger partial charge is 0.466 e. The molecule has 0 saturated heterocycles. The van der Waals surface area contributed by atoms with E-state index in [-0.39, 0.29) is 0 Å². The maximum absolute atomic E-state index is 10.9. The van der Waals surface area contributed by atoms with E-state index in [1.165, 1.54) is 37.5 Å². The molecule has 0 spiro atoms. The Labute approximate surface area is 80.5 Å². The van der Waals surface area contributed by atoms with Crippen molar-refractivity contribution in [3.63, 3.8) is 0 Å². The summed E-state index contributed by atoms with van der Waals surface area (Å²) < 4.78 is 4.36. The Bertz CT molecular complexity index is 372. The van der Waals surface area contributed by atoms with Crippen LogP contribution in [0.2, 0.25) is 0 Å².